The third-order valence-corrected chi connectivity index (χ3v) is 4.13. The molecule has 1 aromatic carbocycles. The number of carboxylic acid groups (broad SMARTS) is 1. The Bertz CT molecular complexity index is 574. The predicted octanol–water partition coefficient (Wildman–Crippen LogP) is 3.11. The largest absolute Gasteiger partial charge is 0.497 e. The van der Waals surface area contributed by atoms with Crippen LogP contribution in [0, 0.1) is 11.3 Å². The van der Waals surface area contributed by atoms with E-state index < -0.39 is 17.9 Å². The highest BCUT2D eigenvalue weighted by Crippen LogP contribution is 2.39. The zero-order valence-electron chi connectivity index (χ0n) is 14.2. The van der Waals surface area contributed by atoms with Gasteiger partial charge in [-0.3, -0.25) is 9.59 Å². The molecule has 1 heterocycles. The molecule has 1 amide bonds. The molecule has 2 unspecified atom stereocenters. The van der Waals surface area contributed by atoms with Crippen LogP contribution in [0.1, 0.15) is 45.2 Å². The highest BCUT2D eigenvalue weighted by molar-refractivity contribution is 5.81. The van der Waals surface area contributed by atoms with Crippen molar-refractivity contribution in [3.05, 3.63) is 29.8 Å². The van der Waals surface area contributed by atoms with Crippen LogP contribution in [-0.4, -0.2) is 35.5 Å². The number of methoxy groups -OCH3 is 1. The topological polar surface area (TPSA) is 66.8 Å². The Morgan fingerprint density at radius 2 is 1.91 bits per heavy atom. The monoisotopic (exact) mass is 319 g/mol. The molecule has 1 fully saturated rings. The number of amides is 1. The van der Waals surface area contributed by atoms with Crippen LogP contribution in [-0.2, 0) is 9.59 Å². The summed E-state index contributed by atoms with van der Waals surface area (Å²) < 4.78 is 5.16. The fraction of sp³-hybridized carbons (Fsp3) is 0.556. The number of nitrogens with zero attached hydrogens (tertiary/aromatic N) is 1. The molecule has 0 aliphatic carbocycles. The lowest BCUT2D eigenvalue weighted by Crippen LogP contribution is -2.48. The Balaban J connectivity index is 2.42. The van der Waals surface area contributed by atoms with Gasteiger partial charge in [0, 0.05) is 13.0 Å². The van der Waals surface area contributed by atoms with Crippen LogP contribution in [0.15, 0.2) is 24.3 Å². The van der Waals surface area contributed by atoms with Gasteiger partial charge in [0.1, 0.15) is 5.75 Å². The number of rotatable bonds is 4. The SMILES string of the molecule is COc1ccc(C2C(C(=O)O)CCC(=O)N2CC(C)(C)C)cc1. The van der Waals surface area contributed by atoms with E-state index in [-0.39, 0.29) is 11.3 Å². The summed E-state index contributed by atoms with van der Waals surface area (Å²) in [7, 11) is 1.59. The van der Waals surface area contributed by atoms with Gasteiger partial charge < -0.3 is 14.7 Å². The van der Waals surface area contributed by atoms with Crippen molar-refractivity contribution < 1.29 is 19.4 Å². The minimum Gasteiger partial charge on any atom is -0.497 e. The van der Waals surface area contributed by atoms with Crippen molar-refractivity contribution in [2.45, 2.75) is 39.7 Å². The van der Waals surface area contributed by atoms with Gasteiger partial charge in [0.05, 0.1) is 19.1 Å². The summed E-state index contributed by atoms with van der Waals surface area (Å²) in [5.41, 5.74) is 0.747. The molecule has 1 aliphatic rings. The maximum atomic E-state index is 12.5. The van der Waals surface area contributed by atoms with E-state index >= 15 is 0 Å². The molecule has 1 aromatic rings. The van der Waals surface area contributed by atoms with Crippen molar-refractivity contribution in [1.29, 1.82) is 0 Å². The van der Waals surface area contributed by atoms with E-state index in [1.165, 1.54) is 0 Å². The Labute approximate surface area is 137 Å². The molecule has 126 valence electrons. The molecular weight excluding hydrogens is 294 g/mol. The number of aliphatic carboxylic acids is 1. The van der Waals surface area contributed by atoms with Crippen LogP contribution in [0.25, 0.3) is 0 Å². The molecule has 0 bridgehead atoms. The van der Waals surface area contributed by atoms with E-state index in [9.17, 15) is 14.7 Å². The third kappa shape index (κ3) is 4.03. The molecular formula is C18H25NO4. The summed E-state index contributed by atoms with van der Waals surface area (Å²) in [5.74, 6) is -0.691. The van der Waals surface area contributed by atoms with E-state index in [2.05, 4.69) is 20.8 Å². The van der Waals surface area contributed by atoms with E-state index in [0.29, 0.717) is 25.1 Å². The lowest BCUT2D eigenvalue weighted by Gasteiger charge is -2.42. The second-order valence-corrected chi connectivity index (χ2v) is 7.28. The summed E-state index contributed by atoms with van der Waals surface area (Å²) in [6.07, 6.45) is 0.672. The molecule has 2 rings (SSSR count). The Morgan fingerprint density at radius 3 is 2.39 bits per heavy atom. The van der Waals surface area contributed by atoms with Crippen LogP contribution in [0.2, 0.25) is 0 Å². The Morgan fingerprint density at radius 1 is 1.30 bits per heavy atom. The van der Waals surface area contributed by atoms with Gasteiger partial charge in [-0.05, 0) is 29.5 Å². The lowest BCUT2D eigenvalue weighted by atomic mass is 9.82. The van der Waals surface area contributed by atoms with Crippen LogP contribution < -0.4 is 4.74 Å². The number of likely N-dealkylation sites (tertiary alicyclic amines) is 1. The van der Waals surface area contributed by atoms with Gasteiger partial charge in [0.25, 0.3) is 0 Å². The van der Waals surface area contributed by atoms with E-state index in [1.54, 1.807) is 12.0 Å². The van der Waals surface area contributed by atoms with Gasteiger partial charge in [0.2, 0.25) is 5.91 Å². The van der Waals surface area contributed by atoms with Crippen molar-refractivity contribution in [1.82, 2.24) is 4.90 Å². The van der Waals surface area contributed by atoms with Gasteiger partial charge in [-0.25, -0.2) is 0 Å². The molecule has 5 nitrogen and oxygen atoms in total. The first-order chi connectivity index (χ1) is 10.7. The smallest absolute Gasteiger partial charge is 0.308 e. The second kappa shape index (κ2) is 6.60. The van der Waals surface area contributed by atoms with Crippen LogP contribution in [0.3, 0.4) is 0 Å². The molecule has 23 heavy (non-hydrogen) atoms. The lowest BCUT2D eigenvalue weighted by molar-refractivity contribution is -0.153. The summed E-state index contributed by atoms with van der Waals surface area (Å²) in [6.45, 7) is 6.69. The average molecular weight is 319 g/mol. The second-order valence-electron chi connectivity index (χ2n) is 7.28. The maximum Gasteiger partial charge on any atom is 0.308 e. The summed E-state index contributed by atoms with van der Waals surface area (Å²) in [6, 6.07) is 6.89. The normalized spacial score (nSPS) is 22.1. The van der Waals surface area contributed by atoms with Crippen molar-refractivity contribution in [3.63, 3.8) is 0 Å². The first-order valence-corrected chi connectivity index (χ1v) is 7.89. The molecule has 1 saturated heterocycles. The number of ether oxygens (including phenoxy) is 1. The molecule has 0 radical (unpaired) electrons. The summed E-state index contributed by atoms with van der Waals surface area (Å²) >= 11 is 0. The number of piperidine rings is 1. The number of benzene rings is 1. The quantitative estimate of drug-likeness (QED) is 0.926. The average Bonchev–Trinajstić information content (AvgIpc) is 2.48. The highest BCUT2D eigenvalue weighted by atomic mass is 16.5. The van der Waals surface area contributed by atoms with Gasteiger partial charge in [-0.2, -0.15) is 0 Å². The van der Waals surface area contributed by atoms with E-state index in [4.69, 9.17) is 4.74 Å². The van der Waals surface area contributed by atoms with Crippen LogP contribution in [0.5, 0.6) is 5.75 Å². The number of carboxylic acids is 1. The molecule has 0 saturated carbocycles. The summed E-state index contributed by atoms with van der Waals surface area (Å²) in [5, 5.41) is 9.61. The van der Waals surface area contributed by atoms with Crippen LogP contribution >= 0.6 is 0 Å². The number of hydrogen-bond donors (Lipinski definition) is 1. The van der Waals surface area contributed by atoms with Gasteiger partial charge in [-0.1, -0.05) is 32.9 Å². The third-order valence-electron chi connectivity index (χ3n) is 4.13. The first kappa shape index (κ1) is 17.3. The van der Waals surface area contributed by atoms with Crippen molar-refractivity contribution in [2.75, 3.05) is 13.7 Å². The zero-order valence-corrected chi connectivity index (χ0v) is 14.2. The number of carbonyl (C=O) groups excluding carboxylic acids is 1. The fourth-order valence-electron chi connectivity index (χ4n) is 3.12. The fourth-order valence-corrected chi connectivity index (χ4v) is 3.12. The molecule has 1 N–H and O–H groups in total. The van der Waals surface area contributed by atoms with Crippen molar-refractivity contribution in [3.8, 4) is 5.75 Å². The van der Waals surface area contributed by atoms with Crippen LogP contribution in [0.4, 0.5) is 0 Å². The minimum absolute atomic E-state index is 0.0262. The highest BCUT2D eigenvalue weighted by Gasteiger charge is 2.41. The van der Waals surface area contributed by atoms with Crippen molar-refractivity contribution >= 4 is 11.9 Å². The maximum absolute atomic E-state index is 12.5. The molecule has 1 aliphatic heterocycles. The first-order valence-electron chi connectivity index (χ1n) is 7.89. The number of carbonyl (C=O) groups is 2. The predicted molar refractivity (Wildman–Crippen MR) is 87.3 cm³/mol. The van der Waals surface area contributed by atoms with E-state index in [0.717, 1.165) is 5.56 Å². The van der Waals surface area contributed by atoms with E-state index in [1.807, 2.05) is 24.3 Å². The zero-order chi connectivity index (χ0) is 17.2. The van der Waals surface area contributed by atoms with Gasteiger partial charge in [0.15, 0.2) is 0 Å². The minimum atomic E-state index is -0.850. The number of hydrogen-bond acceptors (Lipinski definition) is 3. The Hall–Kier alpha value is -2.04. The van der Waals surface area contributed by atoms with Gasteiger partial charge >= 0.3 is 5.97 Å². The standard InChI is InChI=1S/C18H25NO4/c1-18(2,3)11-19-15(20)10-9-14(17(21)22)16(19)12-5-7-13(23-4)8-6-12/h5-8,14,16H,9-11H2,1-4H3,(H,21,22). The Kier molecular flexibility index (Phi) is 4.97. The molecule has 5 heteroatoms. The molecule has 0 aromatic heterocycles. The van der Waals surface area contributed by atoms with Crippen molar-refractivity contribution in [2.24, 2.45) is 11.3 Å². The molecule has 0 spiro atoms. The molecule has 2 atom stereocenters. The summed E-state index contributed by atoms with van der Waals surface area (Å²) in [4.78, 5) is 25.9. The van der Waals surface area contributed by atoms with Gasteiger partial charge in [-0.15, -0.1) is 0 Å².